The van der Waals surface area contributed by atoms with Gasteiger partial charge in [-0.15, -0.1) is 11.3 Å². The van der Waals surface area contributed by atoms with Gasteiger partial charge in [-0.2, -0.15) is 0 Å². The van der Waals surface area contributed by atoms with Crippen molar-refractivity contribution in [3.8, 4) is 0 Å². The molecule has 6 heteroatoms. The van der Waals surface area contributed by atoms with E-state index in [1.165, 1.54) is 22.5 Å². The predicted molar refractivity (Wildman–Crippen MR) is 109 cm³/mol. The average molecular weight is 397 g/mol. The molecule has 1 aromatic heterocycles. The summed E-state index contributed by atoms with van der Waals surface area (Å²) >= 11 is 7.58. The van der Waals surface area contributed by atoms with Crippen molar-refractivity contribution in [2.45, 2.75) is 13.0 Å². The molecule has 0 bridgehead atoms. The van der Waals surface area contributed by atoms with Crippen LogP contribution in [0.1, 0.15) is 31.2 Å². The van der Waals surface area contributed by atoms with E-state index in [1.807, 2.05) is 28.5 Å². The Labute approximate surface area is 166 Å². The maximum atomic E-state index is 13.0. The summed E-state index contributed by atoms with van der Waals surface area (Å²) in [6.45, 7) is 1.27. The maximum Gasteiger partial charge on any atom is 0.265 e. The van der Waals surface area contributed by atoms with E-state index >= 15 is 0 Å². The number of carbonyl (C=O) groups excluding carboxylic acids is 2. The van der Waals surface area contributed by atoms with Crippen molar-refractivity contribution in [3.63, 3.8) is 0 Å². The Bertz CT molecular complexity index is 1000. The highest BCUT2D eigenvalue weighted by Crippen LogP contribution is 2.26. The molecule has 3 aromatic rings. The number of amides is 2. The normalized spacial score (nSPS) is 13.1. The molecular formula is C21H17ClN2O2S. The van der Waals surface area contributed by atoms with E-state index in [1.54, 1.807) is 24.3 Å². The Balaban J connectivity index is 1.54. The van der Waals surface area contributed by atoms with Crippen molar-refractivity contribution in [2.75, 3.05) is 11.9 Å². The van der Waals surface area contributed by atoms with E-state index in [0.29, 0.717) is 34.2 Å². The monoisotopic (exact) mass is 396 g/mol. The van der Waals surface area contributed by atoms with Crippen molar-refractivity contribution in [1.29, 1.82) is 0 Å². The van der Waals surface area contributed by atoms with Crippen LogP contribution in [0.25, 0.3) is 0 Å². The van der Waals surface area contributed by atoms with E-state index in [-0.39, 0.29) is 11.8 Å². The van der Waals surface area contributed by atoms with Crippen LogP contribution in [0.3, 0.4) is 0 Å². The minimum absolute atomic E-state index is 0.0622. The van der Waals surface area contributed by atoms with Gasteiger partial charge in [-0.3, -0.25) is 9.59 Å². The van der Waals surface area contributed by atoms with Crippen LogP contribution < -0.4 is 5.32 Å². The van der Waals surface area contributed by atoms with Crippen molar-refractivity contribution in [3.05, 3.63) is 86.6 Å². The van der Waals surface area contributed by atoms with Crippen LogP contribution >= 0.6 is 22.9 Å². The molecule has 0 spiro atoms. The Kier molecular flexibility index (Phi) is 4.97. The summed E-state index contributed by atoms with van der Waals surface area (Å²) in [5.41, 5.74) is 3.43. The molecule has 2 heterocycles. The first-order valence-corrected chi connectivity index (χ1v) is 9.88. The number of halogens is 1. The van der Waals surface area contributed by atoms with Gasteiger partial charge >= 0.3 is 0 Å². The van der Waals surface area contributed by atoms with Crippen LogP contribution in [0.5, 0.6) is 0 Å². The SMILES string of the molecule is O=C(Nc1cc(C(=O)N2CCc3ccccc3C2)ccc1Cl)c1cccs1. The summed E-state index contributed by atoms with van der Waals surface area (Å²) in [5, 5.41) is 5.04. The van der Waals surface area contributed by atoms with Gasteiger partial charge < -0.3 is 10.2 Å². The number of thiophene rings is 1. The van der Waals surface area contributed by atoms with Gasteiger partial charge in [0.25, 0.3) is 11.8 Å². The molecule has 4 rings (SSSR count). The molecule has 0 unspecified atom stereocenters. The lowest BCUT2D eigenvalue weighted by Gasteiger charge is -2.29. The number of carbonyl (C=O) groups is 2. The van der Waals surface area contributed by atoms with Crippen molar-refractivity contribution >= 4 is 40.4 Å². The molecule has 27 heavy (non-hydrogen) atoms. The third kappa shape index (κ3) is 3.75. The van der Waals surface area contributed by atoms with Gasteiger partial charge in [0.15, 0.2) is 0 Å². The number of fused-ring (bicyclic) bond motifs is 1. The van der Waals surface area contributed by atoms with Crippen LogP contribution in [0, 0.1) is 0 Å². The molecule has 1 aliphatic heterocycles. The van der Waals surface area contributed by atoms with Crippen LogP contribution in [-0.2, 0) is 13.0 Å². The lowest BCUT2D eigenvalue weighted by Crippen LogP contribution is -2.35. The summed E-state index contributed by atoms with van der Waals surface area (Å²) in [6.07, 6.45) is 0.845. The molecule has 136 valence electrons. The Morgan fingerprint density at radius 3 is 2.63 bits per heavy atom. The van der Waals surface area contributed by atoms with Crippen molar-refractivity contribution in [1.82, 2.24) is 4.90 Å². The highest BCUT2D eigenvalue weighted by atomic mass is 35.5. The number of nitrogens with one attached hydrogen (secondary N) is 1. The first-order chi connectivity index (χ1) is 13.1. The van der Waals surface area contributed by atoms with Gasteiger partial charge in [-0.1, -0.05) is 41.9 Å². The topological polar surface area (TPSA) is 49.4 Å². The van der Waals surface area contributed by atoms with Gasteiger partial charge in [0.1, 0.15) is 0 Å². The number of hydrogen-bond acceptors (Lipinski definition) is 3. The highest BCUT2D eigenvalue weighted by Gasteiger charge is 2.22. The van der Waals surface area contributed by atoms with E-state index in [4.69, 9.17) is 11.6 Å². The molecule has 0 aliphatic carbocycles. The fourth-order valence-corrected chi connectivity index (χ4v) is 3.98. The molecule has 1 aliphatic rings. The van der Waals surface area contributed by atoms with Crippen molar-refractivity contribution in [2.24, 2.45) is 0 Å². The zero-order chi connectivity index (χ0) is 18.8. The van der Waals surface area contributed by atoms with Crippen LogP contribution in [-0.4, -0.2) is 23.3 Å². The second-order valence-electron chi connectivity index (χ2n) is 6.37. The smallest absolute Gasteiger partial charge is 0.265 e. The molecule has 0 fully saturated rings. The summed E-state index contributed by atoms with van der Waals surface area (Å²) < 4.78 is 0. The second-order valence-corrected chi connectivity index (χ2v) is 7.73. The number of benzene rings is 2. The van der Waals surface area contributed by atoms with Gasteiger partial charge in [0.2, 0.25) is 0 Å². The minimum Gasteiger partial charge on any atom is -0.334 e. The summed E-state index contributed by atoms with van der Waals surface area (Å²) in [5.74, 6) is -0.295. The summed E-state index contributed by atoms with van der Waals surface area (Å²) in [6, 6.07) is 16.7. The molecule has 2 amide bonds. The summed E-state index contributed by atoms with van der Waals surface area (Å²) in [4.78, 5) is 27.7. The predicted octanol–water partition coefficient (Wildman–Crippen LogP) is 4.85. The zero-order valence-corrected chi connectivity index (χ0v) is 16.0. The Hall–Kier alpha value is -2.63. The second kappa shape index (κ2) is 7.55. The Morgan fingerprint density at radius 1 is 1.04 bits per heavy atom. The molecule has 0 radical (unpaired) electrons. The quantitative estimate of drug-likeness (QED) is 0.687. The fourth-order valence-electron chi connectivity index (χ4n) is 3.20. The minimum atomic E-state index is -0.233. The Morgan fingerprint density at radius 2 is 1.85 bits per heavy atom. The average Bonchev–Trinajstić information content (AvgIpc) is 3.24. The first kappa shape index (κ1) is 17.8. The van der Waals surface area contributed by atoms with Gasteiger partial charge in [-0.25, -0.2) is 0 Å². The zero-order valence-electron chi connectivity index (χ0n) is 14.4. The lowest BCUT2D eigenvalue weighted by molar-refractivity contribution is 0.0734. The summed E-state index contributed by atoms with van der Waals surface area (Å²) in [7, 11) is 0. The third-order valence-corrected chi connectivity index (χ3v) is 5.82. The van der Waals surface area contributed by atoms with Crippen LogP contribution in [0.15, 0.2) is 60.0 Å². The van der Waals surface area contributed by atoms with E-state index in [2.05, 4.69) is 17.4 Å². The van der Waals surface area contributed by atoms with Crippen molar-refractivity contribution < 1.29 is 9.59 Å². The van der Waals surface area contributed by atoms with Gasteiger partial charge in [0.05, 0.1) is 15.6 Å². The highest BCUT2D eigenvalue weighted by molar-refractivity contribution is 7.12. The molecule has 2 aromatic carbocycles. The first-order valence-electron chi connectivity index (χ1n) is 8.62. The standard InChI is InChI=1S/C21H17ClN2O2S/c22-17-8-7-15(12-18(17)23-20(25)19-6-3-11-27-19)21(26)24-10-9-14-4-1-2-5-16(14)13-24/h1-8,11-12H,9-10,13H2,(H,23,25). The molecule has 1 N–H and O–H groups in total. The fraction of sp³-hybridized carbons (Fsp3) is 0.143. The molecule has 0 saturated carbocycles. The largest absolute Gasteiger partial charge is 0.334 e. The van der Waals surface area contributed by atoms with E-state index < -0.39 is 0 Å². The third-order valence-electron chi connectivity index (χ3n) is 4.62. The molecule has 0 atom stereocenters. The molecule has 4 nitrogen and oxygen atoms in total. The lowest BCUT2D eigenvalue weighted by atomic mass is 9.99. The van der Waals surface area contributed by atoms with Gasteiger partial charge in [-0.05, 0) is 47.2 Å². The van der Waals surface area contributed by atoms with Crippen LogP contribution in [0.4, 0.5) is 5.69 Å². The number of rotatable bonds is 3. The van der Waals surface area contributed by atoms with Gasteiger partial charge in [0, 0.05) is 18.7 Å². The number of nitrogens with zero attached hydrogens (tertiary/aromatic N) is 1. The van der Waals surface area contributed by atoms with E-state index in [0.717, 1.165) is 6.42 Å². The van der Waals surface area contributed by atoms with Crippen LogP contribution in [0.2, 0.25) is 5.02 Å². The number of hydrogen-bond donors (Lipinski definition) is 1. The molecule has 0 saturated heterocycles. The molecular weight excluding hydrogens is 380 g/mol. The van der Waals surface area contributed by atoms with E-state index in [9.17, 15) is 9.59 Å². The maximum absolute atomic E-state index is 13.0. The number of anilines is 1.